The zero-order chi connectivity index (χ0) is 30.3. The summed E-state index contributed by atoms with van der Waals surface area (Å²) < 4.78 is 95.6. The van der Waals surface area contributed by atoms with Gasteiger partial charge in [-0.3, -0.25) is 5.32 Å². The van der Waals surface area contributed by atoms with E-state index in [4.69, 9.17) is 9.15 Å². The molecule has 1 aromatic carbocycles. The monoisotopic (exact) mass is 585 g/mol. The number of halogens is 6. The lowest BCUT2D eigenvalue weighted by molar-refractivity contribution is -0.295. The van der Waals surface area contributed by atoms with Crippen molar-refractivity contribution in [3.63, 3.8) is 0 Å². The molecule has 0 saturated heterocycles. The predicted molar refractivity (Wildman–Crippen MR) is 134 cm³/mol. The summed E-state index contributed by atoms with van der Waals surface area (Å²) in [7, 11) is 0. The summed E-state index contributed by atoms with van der Waals surface area (Å²) >= 11 is 0. The number of hydrogen-bond donors (Lipinski definition) is 3. The Bertz CT molecular complexity index is 1360. The number of carboxylic acid groups (broad SMARTS) is 1. The zero-order valence-electron chi connectivity index (χ0n) is 21.3. The third kappa shape index (κ3) is 7.49. The number of ether oxygens (including phenoxy) is 1. The Morgan fingerprint density at radius 2 is 1.78 bits per heavy atom. The smallest absolute Gasteiger partial charge is 0.426 e. The summed E-state index contributed by atoms with van der Waals surface area (Å²) in [5.74, 6) is -1.85. The molecule has 9 nitrogen and oxygen atoms in total. The van der Waals surface area contributed by atoms with Crippen molar-refractivity contribution >= 4 is 11.8 Å². The highest BCUT2D eigenvalue weighted by Gasteiger charge is 2.60. The number of amides is 1. The van der Waals surface area contributed by atoms with Crippen molar-refractivity contribution < 1.29 is 45.4 Å². The van der Waals surface area contributed by atoms with Gasteiger partial charge in [-0.1, -0.05) is 42.5 Å². The van der Waals surface area contributed by atoms with Crippen LogP contribution in [-0.2, 0) is 29.7 Å². The molecule has 220 valence electrons. The number of aromatic nitrogens is 3. The lowest BCUT2D eigenvalue weighted by Crippen LogP contribution is -2.45. The van der Waals surface area contributed by atoms with Gasteiger partial charge >= 0.3 is 18.4 Å². The Labute approximate surface area is 229 Å². The lowest BCUT2D eigenvalue weighted by atomic mass is 9.98. The maximum Gasteiger partial charge on any atom is 0.426 e. The highest BCUT2D eigenvalue weighted by Crippen LogP contribution is 2.46. The molecule has 1 unspecified atom stereocenters. The molecule has 0 spiro atoms. The molecule has 15 heteroatoms. The number of carbonyl (C=O) groups is 1. The van der Waals surface area contributed by atoms with Crippen LogP contribution in [0.4, 0.5) is 36.8 Å². The van der Waals surface area contributed by atoms with Crippen LogP contribution in [-0.4, -0.2) is 39.1 Å². The van der Waals surface area contributed by atoms with Crippen LogP contribution in [0.5, 0.6) is 0 Å². The Kier molecular flexibility index (Phi) is 9.88. The van der Waals surface area contributed by atoms with Gasteiger partial charge in [-0.15, -0.1) is 23.4 Å². The van der Waals surface area contributed by atoms with E-state index in [0.29, 0.717) is 18.1 Å². The largest absolute Gasteiger partial charge is 0.465 e. The molecule has 41 heavy (non-hydrogen) atoms. The van der Waals surface area contributed by atoms with Gasteiger partial charge in [0.1, 0.15) is 0 Å². The van der Waals surface area contributed by atoms with E-state index in [1.54, 1.807) is 23.5 Å². The van der Waals surface area contributed by atoms with Crippen molar-refractivity contribution in [1.82, 2.24) is 20.5 Å². The van der Waals surface area contributed by atoms with E-state index < -0.39 is 78.0 Å². The SMILES string of the molecule is C=CCCNCc1nc(-c2nnc(C(CC=C)(OCc3ccccc3)C(F)(F)F)o2)c(NC(=O)O)cc1C(F)(F)F. The van der Waals surface area contributed by atoms with Crippen LogP contribution in [0.15, 0.2) is 66.1 Å². The first-order valence-electron chi connectivity index (χ1n) is 11.9. The highest BCUT2D eigenvalue weighted by atomic mass is 19.4. The van der Waals surface area contributed by atoms with Crippen LogP contribution >= 0.6 is 0 Å². The van der Waals surface area contributed by atoms with Gasteiger partial charge in [0.05, 0.1) is 23.6 Å². The second kappa shape index (κ2) is 13.0. The van der Waals surface area contributed by atoms with E-state index in [9.17, 15) is 36.2 Å². The molecule has 1 amide bonds. The van der Waals surface area contributed by atoms with E-state index >= 15 is 0 Å². The zero-order valence-corrected chi connectivity index (χ0v) is 21.3. The van der Waals surface area contributed by atoms with Gasteiger partial charge < -0.3 is 19.6 Å². The van der Waals surface area contributed by atoms with Gasteiger partial charge in [0.15, 0.2) is 5.69 Å². The molecule has 3 rings (SSSR count). The number of pyridine rings is 1. The Morgan fingerprint density at radius 1 is 1.07 bits per heavy atom. The topological polar surface area (TPSA) is 122 Å². The van der Waals surface area contributed by atoms with Crippen molar-refractivity contribution in [3.05, 3.63) is 84.4 Å². The van der Waals surface area contributed by atoms with Crippen molar-refractivity contribution in [1.29, 1.82) is 0 Å². The average molecular weight is 586 g/mol. The van der Waals surface area contributed by atoms with E-state index in [1.165, 1.54) is 18.2 Å². The first kappa shape index (κ1) is 31.3. The summed E-state index contributed by atoms with van der Waals surface area (Å²) in [6.45, 7) is 6.18. The number of anilines is 1. The van der Waals surface area contributed by atoms with Gasteiger partial charge in [0, 0.05) is 13.0 Å². The molecule has 0 bridgehead atoms. The molecule has 0 aliphatic carbocycles. The number of rotatable bonds is 13. The lowest BCUT2D eigenvalue weighted by Gasteiger charge is -2.31. The Balaban J connectivity index is 2.14. The van der Waals surface area contributed by atoms with Crippen LogP contribution in [0, 0.1) is 0 Å². The summed E-state index contributed by atoms with van der Waals surface area (Å²) in [6, 6.07) is 8.39. The highest BCUT2D eigenvalue weighted by molar-refractivity contribution is 5.88. The summed E-state index contributed by atoms with van der Waals surface area (Å²) in [4.78, 5) is 15.2. The van der Waals surface area contributed by atoms with Gasteiger partial charge in [-0.05, 0) is 24.6 Å². The molecule has 3 N–H and O–H groups in total. The van der Waals surface area contributed by atoms with Crippen LogP contribution in [0.1, 0.15) is 35.6 Å². The minimum atomic E-state index is -5.12. The second-order valence-electron chi connectivity index (χ2n) is 8.57. The van der Waals surface area contributed by atoms with Crippen LogP contribution < -0.4 is 10.6 Å². The van der Waals surface area contributed by atoms with Crippen molar-refractivity contribution in [2.24, 2.45) is 0 Å². The maximum absolute atomic E-state index is 14.5. The quantitative estimate of drug-likeness (QED) is 0.119. The van der Waals surface area contributed by atoms with E-state index in [-0.39, 0.29) is 6.54 Å². The van der Waals surface area contributed by atoms with Gasteiger partial charge in [0.2, 0.25) is 5.60 Å². The Hall–Kier alpha value is -4.24. The average Bonchev–Trinajstić information content (AvgIpc) is 3.39. The summed E-state index contributed by atoms with van der Waals surface area (Å²) in [5.41, 5.74) is -5.99. The number of hydrogen-bond acceptors (Lipinski definition) is 7. The fraction of sp³-hybridized carbons (Fsp3) is 0.308. The summed E-state index contributed by atoms with van der Waals surface area (Å²) in [5, 5.41) is 20.8. The Morgan fingerprint density at radius 3 is 2.37 bits per heavy atom. The summed E-state index contributed by atoms with van der Waals surface area (Å²) in [6.07, 6.45) is -9.79. The number of nitrogens with one attached hydrogen (secondary N) is 2. The minimum absolute atomic E-state index is 0.242. The molecule has 3 aromatic rings. The fourth-order valence-corrected chi connectivity index (χ4v) is 3.71. The van der Waals surface area contributed by atoms with Gasteiger partial charge in [0.25, 0.3) is 11.8 Å². The van der Waals surface area contributed by atoms with Crippen molar-refractivity contribution in [2.75, 3.05) is 11.9 Å². The normalized spacial score (nSPS) is 13.4. The minimum Gasteiger partial charge on any atom is -0.465 e. The first-order chi connectivity index (χ1) is 19.3. The second-order valence-corrected chi connectivity index (χ2v) is 8.57. The molecule has 0 radical (unpaired) electrons. The third-order valence-corrected chi connectivity index (χ3v) is 5.66. The van der Waals surface area contributed by atoms with Crippen molar-refractivity contribution in [3.8, 4) is 11.6 Å². The molecule has 0 aliphatic heterocycles. The van der Waals surface area contributed by atoms with Crippen LogP contribution in [0.2, 0.25) is 0 Å². The standard InChI is InChI=1S/C26H25F6N5O4/c1-3-5-12-33-14-19-17(25(27,28)29)13-18(35-23(38)39)20(34-19)21-36-37-22(41-21)24(11-4-2,26(30,31)32)40-15-16-9-7-6-8-10-16/h3-4,6-10,13,33,35H,1-2,5,11-12,14-15H2,(H,38,39). The third-order valence-electron chi connectivity index (χ3n) is 5.66. The predicted octanol–water partition coefficient (Wildman–Crippen LogP) is 6.46. The number of benzene rings is 1. The molecular weight excluding hydrogens is 560 g/mol. The molecule has 1 atom stereocenters. The molecule has 0 saturated carbocycles. The van der Waals surface area contributed by atoms with Gasteiger partial charge in [-0.25, -0.2) is 9.78 Å². The molecule has 0 aliphatic rings. The molecule has 2 aromatic heterocycles. The van der Waals surface area contributed by atoms with Crippen LogP contribution in [0.3, 0.4) is 0 Å². The first-order valence-corrected chi connectivity index (χ1v) is 11.9. The van der Waals surface area contributed by atoms with E-state index in [2.05, 4.69) is 33.7 Å². The number of alkyl halides is 6. The van der Waals surface area contributed by atoms with Crippen molar-refractivity contribution in [2.45, 2.75) is 43.9 Å². The van der Waals surface area contributed by atoms with Gasteiger partial charge in [-0.2, -0.15) is 26.3 Å². The molecule has 2 heterocycles. The van der Waals surface area contributed by atoms with Crippen LogP contribution in [0.25, 0.3) is 11.6 Å². The molecular formula is C26H25F6N5O4. The number of nitrogens with zero attached hydrogens (tertiary/aromatic N) is 3. The molecule has 0 fully saturated rings. The fourth-order valence-electron chi connectivity index (χ4n) is 3.71. The maximum atomic E-state index is 14.5. The van der Waals surface area contributed by atoms with E-state index in [1.807, 2.05) is 0 Å². The van der Waals surface area contributed by atoms with E-state index in [0.717, 1.165) is 6.08 Å².